The molecule has 0 aliphatic carbocycles. The molecule has 0 unspecified atom stereocenters. The third kappa shape index (κ3) is 4.76. The van der Waals surface area contributed by atoms with Crippen molar-refractivity contribution in [1.29, 1.82) is 0 Å². The predicted octanol–water partition coefficient (Wildman–Crippen LogP) is 4.57. The number of aromatic hydroxyl groups is 2. The summed E-state index contributed by atoms with van der Waals surface area (Å²) < 4.78 is 0. The van der Waals surface area contributed by atoms with Gasteiger partial charge in [0.15, 0.2) is 5.78 Å². The topological polar surface area (TPSA) is 60.8 Å². The molecule has 0 heterocycles. The van der Waals surface area contributed by atoms with Crippen molar-refractivity contribution in [1.82, 2.24) is 0 Å². The van der Waals surface area contributed by atoms with Crippen molar-refractivity contribution < 1.29 is 15.0 Å². The second-order valence-corrected chi connectivity index (χ2v) is 6.63. The van der Waals surface area contributed by atoms with Gasteiger partial charge in [-0.1, -0.05) is 29.9 Å². The molecule has 0 fully saturated rings. The van der Waals surface area contributed by atoms with Gasteiger partial charge in [0, 0.05) is 25.3 Å². The Bertz CT molecular complexity index is 842. The summed E-state index contributed by atoms with van der Waals surface area (Å²) >= 11 is 0. The van der Waals surface area contributed by atoms with Crippen molar-refractivity contribution in [3.8, 4) is 11.5 Å². The first-order valence-corrected chi connectivity index (χ1v) is 8.46. The van der Waals surface area contributed by atoms with E-state index in [0.717, 1.165) is 16.8 Å². The first-order chi connectivity index (χ1) is 12.3. The number of hydrogen-bond acceptors (Lipinski definition) is 4. The molecular weight excluding hydrogens is 326 g/mol. The van der Waals surface area contributed by atoms with Crippen molar-refractivity contribution in [3.63, 3.8) is 0 Å². The van der Waals surface area contributed by atoms with Gasteiger partial charge in [0.1, 0.15) is 11.5 Å². The van der Waals surface area contributed by atoms with Gasteiger partial charge in [0.05, 0.1) is 5.56 Å². The number of ketones is 1. The Labute approximate surface area is 154 Å². The number of nitrogens with zero attached hydrogens (tertiary/aromatic N) is 1. The Balaban J connectivity index is 2.23. The van der Waals surface area contributed by atoms with Crippen LogP contribution in [0.5, 0.6) is 11.5 Å². The molecule has 2 N–H and O–H groups in total. The highest BCUT2D eigenvalue weighted by atomic mass is 16.3. The van der Waals surface area contributed by atoms with Crippen LogP contribution < -0.4 is 4.90 Å². The maximum Gasteiger partial charge on any atom is 0.189 e. The van der Waals surface area contributed by atoms with Crippen LogP contribution in [-0.4, -0.2) is 30.1 Å². The Morgan fingerprint density at radius 1 is 1.04 bits per heavy atom. The number of hydrogen-bond donors (Lipinski definition) is 2. The molecule has 0 spiro atoms. The van der Waals surface area contributed by atoms with E-state index in [0.29, 0.717) is 12.0 Å². The Morgan fingerprint density at radius 3 is 2.27 bits per heavy atom. The molecule has 0 saturated carbocycles. The molecule has 136 valence electrons. The summed E-state index contributed by atoms with van der Waals surface area (Å²) in [6.07, 6.45) is 5.41. The van der Waals surface area contributed by atoms with Crippen LogP contribution in [0.2, 0.25) is 0 Å². The number of carbonyl (C=O) groups is 1. The van der Waals surface area contributed by atoms with Gasteiger partial charge in [-0.05, 0) is 56.2 Å². The third-order valence-electron chi connectivity index (χ3n) is 4.07. The van der Waals surface area contributed by atoms with E-state index in [1.165, 1.54) is 18.2 Å². The van der Waals surface area contributed by atoms with Gasteiger partial charge >= 0.3 is 0 Å². The molecule has 0 saturated heterocycles. The first kappa shape index (κ1) is 19.3. The van der Waals surface area contributed by atoms with Crippen molar-refractivity contribution in [2.24, 2.45) is 0 Å². The minimum absolute atomic E-state index is 0.0141. The van der Waals surface area contributed by atoms with E-state index in [4.69, 9.17) is 0 Å². The molecule has 0 radical (unpaired) electrons. The summed E-state index contributed by atoms with van der Waals surface area (Å²) in [5, 5.41) is 20.4. The molecule has 26 heavy (non-hydrogen) atoms. The molecule has 0 bridgehead atoms. The second-order valence-electron chi connectivity index (χ2n) is 6.63. The lowest BCUT2D eigenvalue weighted by molar-refractivity contribution is 0.104. The van der Waals surface area contributed by atoms with E-state index in [1.54, 1.807) is 6.08 Å². The maximum absolute atomic E-state index is 12.5. The lowest BCUT2D eigenvalue weighted by Gasteiger charge is -2.11. The summed E-state index contributed by atoms with van der Waals surface area (Å²) in [7, 11) is 3.93. The van der Waals surface area contributed by atoms with Crippen molar-refractivity contribution in [2.75, 3.05) is 19.0 Å². The van der Waals surface area contributed by atoms with Gasteiger partial charge in [0.25, 0.3) is 0 Å². The minimum atomic E-state index is -0.308. The zero-order chi connectivity index (χ0) is 19.3. The number of allylic oxidation sites excluding steroid dienone is 3. The van der Waals surface area contributed by atoms with E-state index >= 15 is 0 Å². The molecule has 0 aliphatic heterocycles. The molecule has 2 aromatic carbocycles. The van der Waals surface area contributed by atoms with Gasteiger partial charge < -0.3 is 15.1 Å². The number of anilines is 1. The summed E-state index contributed by atoms with van der Waals surface area (Å²) in [5.74, 6) is -0.488. The second kappa shape index (κ2) is 8.39. The Kier molecular flexibility index (Phi) is 6.23. The van der Waals surface area contributed by atoms with Crippen LogP contribution in [-0.2, 0) is 6.42 Å². The summed E-state index contributed by atoms with van der Waals surface area (Å²) in [5.41, 5.74) is 3.59. The average Bonchev–Trinajstić information content (AvgIpc) is 2.59. The van der Waals surface area contributed by atoms with Crippen LogP contribution >= 0.6 is 0 Å². The molecule has 0 aliphatic rings. The van der Waals surface area contributed by atoms with Crippen LogP contribution in [0.15, 0.2) is 54.1 Å². The van der Waals surface area contributed by atoms with Gasteiger partial charge in [-0.15, -0.1) is 0 Å². The van der Waals surface area contributed by atoms with E-state index in [2.05, 4.69) is 0 Å². The molecule has 0 atom stereocenters. The van der Waals surface area contributed by atoms with Gasteiger partial charge in [-0.2, -0.15) is 0 Å². The van der Waals surface area contributed by atoms with Crippen LogP contribution in [0, 0.1) is 0 Å². The summed E-state index contributed by atoms with van der Waals surface area (Å²) in [6, 6.07) is 10.7. The summed E-state index contributed by atoms with van der Waals surface area (Å²) in [4.78, 5) is 14.5. The Hall–Kier alpha value is -3.01. The molecule has 4 heteroatoms. The molecule has 2 rings (SSSR count). The minimum Gasteiger partial charge on any atom is -0.508 e. The lowest BCUT2D eigenvalue weighted by atomic mass is 10.0. The van der Waals surface area contributed by atoms with Gasteiger partial charge in [-0.25, -0.2) is 0 Å². The van der Waals surface area contributed by atoms with E-state index in [9.17, 15) is 15.0 Å². The predicted molar refractivity (Wildman–Crippen MR) is 107 cm³/mol. The fourth-order valence-corrected chi connectivity index (χ4v) is 2.48. The van der Waals surface area contributed by atoms with E-state index < -0.39 is 0 Å². The van der Waals surface area contributed by atoms with Gasteiger partial charge in [-0.3, -0.25) is 4.79 Å². The normalized spacial score (nSPS) is 10.8. The van der Waals surface area contributed by atoms with Crippen LogP contribution in [0.25, 0.3) is 6.08 Å². The number of carbonyl (C=O) groups excluding carboxylic acids is 1. The highest BCUT2D eigenvalue weighted by Gasteiger charge is 2.15. The highest BCUT2D eigenvalue weighted by Crippen LogP contribution is 2.32. The van der Waals surface area contributed by atoms with Crippen molar-refractivity contribution in [3.05, 3.63) is 70.8 Å². The van der Waals surface area contributed by atoms with Gasteiger partial charge in [0.2, 0.25) is 0 Å². The van der Waals surface area contributed by atoms with Crippen molar-refractivity contribution in [2.45, 2.75) is 20.3 Å². The molecule has 4 nitrogen and oxygen atoms in total. The largest absolute Gasteiger partial charge is 0.508 e. The lowest BCUT2D eigenvalue weighted by Crippen LogP contribution is -2.07. The molecule has 0 aromatic heterocycles. The monoisotopic (exact) mass is 351 g/mol. The van der Waals surface area contributed by atoms with Crippen LogP contribution in [0.1, 0.15) is 35.3 Å². The fraction of sp³-hybridized carbons (Fsp3) is 0.227. The number of phenolic OH excluding ortho intramolecular Hbond substituents is 2. The van der Waals surface area contributed by atoms with E-state index in [1.807, 2.05) is 63.2 Å². The molecule has 0 amide bonds. The van der Waals surface area contributed by atoms with Crippen molar-refractivity contribution >= 4 is 17.5 Å². The number of benzene rings is 2. The van der Waals surface area contributed by atoms with Crippen LogP contribution in [0.3, 0.4) is 0 Å². The first-order valence-electron chi connectivity index (χ1n) is 8.46. The zero-order valence-corrected chi connectivity index (χ0v) is 15.7. The van der Waals surface area contributed by atoms with E-state index in [-0.39, 0.29) is 22.8 Å². The molecular formula is C22H25NO3. The SMILES string of the molecule is CC(C)=CCc1c(O)ccc(C(=O)/C=C/c2ccc(N(C)C)cc2)c1O. The maximum atomic E-state index is 12.5. The highest BCUT2D eigenvalue weighted by molar-refractivity contribution is 6.09. The van der Waals surface area contributed by atoms with Crippen LogP contribution in [0.4, 0.5) is 5.69 Å². The smallest absolute Gasteiger partial charge is 0.189 e. The average molecular weight is 351 g/mol. The molecule has 2 aromatic rings. The quantitative estimate of drug-likeness (QED) is 0.455. The fourth-order valence-electron chi connectivity index (χ4n) is 2.48. The summed E-state index contributed by atoms with van der Waals surface area (Å²) in [6.45, 7) is 3.88. The zero-order valence-electron chi connectivity index (χ0n) is 15.7. The number of phenols is 2. The third-order valence-corrected chi connectivity index (χ3v) is 4.07. The standard InChI is InChI=1S/C22H25NO3/c1-15(2)5-11-18-21(25)14-12-19(22(18)26)20(24)13-8-16-6-9-17(10-7-16)23(3)4/h5-10,12-14,25-26H,11H2,1-4H3/b13-8+. The Morgan fingerprint density at radius 2 is 1.69 bits per heavy atom. The number of rotatable bonds is 6.